The summed E-state index contributed by atoms with van der Waals surface area (Å²) in [7, 11) is 0. The topological polar surface area (TPSA) is 114 Å². The van der Waals surface area contributed by atoms with Crippen molar-refractivity contribution in [2.24, 2.45) is 5.41 Å². The first-order chi connectivity index (χ1) is 13.8. The van der Waals surface area contributed by atoms with Crippen LogP contribution in [0.1, 0.15) is 39.8 Å². The zero-order chi connectivity index (χ0) is 21.5. The SMILES string of the molecule is CCCOCCOC(=O)NCc1cn(CCOCCOCC(=O)C(C)(C)C)nn1. The third kappa shape index (κ3) is 12.2. The molecule has 1 heterocycles. The Hall–Kier alpha value is -2.04. The number of ketones is 1. The fraction of sp³-hybridized carbons (Fsp3) is 0.789. The molecule has 10 heteroatoms. The van der Waals surface area contributed by atoms with Crippen molar-refractivity contribution in [1.29, 1.82) is 0 Å². The summed E-state index contributed by atoms with van der Waals surface area (Å²) in [6.45, 7) is 10.9. The molecule has 0 aliphatic carbocycles. The summed E-state index contributed by atoms with van der Waals surface area (Å²) in [6.07, 6.45) is 2.14. The second-order valence-corrected chi connectivity index (χ2v) is 7.41. The molecule has 1 N–H and O–H groups in total. The van der Waals surface area contributed by atoms with Crippen LogP contribution in [0.5, 0.6) is 0 Å². The Bertz CT molecular complexity index is 600. The Labute approximate surface area is 172 Å². The Balaban J connectivity index is 2.06. The van der Waals surface area contributed by atoms with Crippen molar-refractivity contribution < 1.29 is 28.5 Å². The maximum atomic E-state index is 11.7. The maximum Gasteiger partial charge on any atom is 0.407 e. The summed E-state index contributed by atoms with van der Waals surface area (Å²) in [5, 5.41) is 10.6. The second kappa shape index (κ2) is 14.0. The van der Waals surface area contributed by atoms with Crippen LogP contribution in [0.4, 0.5) is 4.79 Å². The number of hydrogen-bond acceptors (Lipinski definition) is 8. The Morgan fingerprint density at radius 1 is 1.03 bits per heavy atom. The number of Topliss-reactive ketones (excluding diaryl/α,β-unsaturated/α-hetero) is 1. The van der Waals surface area contributed by atoms with Crippen LogP contribution in [0.3, 0.4) is 0 Å². The van der Waals surface area contributed by atoms with Crippen LogP contribution in [0.25, 0.3) is 0 Å². The van der Waals surface area contributed by atoms with Gasteiger partial charge in [0.05, 0.1) is 45.7 Å². The molecule has 0 atom stereocenters. The van der Waals surface area contributed by atoms with Crippen LogP contribution >= 0.6 is 0 Å². The van der Waals surface area contributed by atoms with Gasteiger partial charge in [-0.25, -0.2) is 9.48 Å². The van der Waals surface area contributed by atoms with E-state index in [1.165, 1.54) is 0 Å². The second-order valence-electron chi connectivity index (χ2n) is 7.41. The Morgan fingerprint density at radius 3 is 2.45 bits per heavy atom. The van der Waals surface area contributed by atoms with Gasteiger partial charge >= 0.3 is 6.09 Å². The number of carbonyl (C=O) groups excluding carboxylic acids is 2. The van der Waals surface area contributed by atoms with E-state index >= 15 is 0 Å². The van der Waals surface area contributed by atoms with Crippen LogP contribution in [-0.2, 0) is 36.8 Å². The van der Waals surface area contributed by atoms with Gasteiger partial charge in [0.1, 0.15) is 18.9 Å². The highest BCUT2D eigenvalue weighted by molar-refractivity contribution is 5.84. The smallest absolute Gasteiger partial charge is 0.407 e. The van der Waals surface area contributed by atoms with E-state index in [4.69, 9.17) is 18.9 Å². The average molecular weight is 415 g/mol. The molecule has 166 valence electrons. The molecule has 1 amide bonds. The highest BCUT2D eigenvalue weighted by Crippen LogP contribution is 2.14. The number of nitrogens with one attached hydrogen (secondary N) is 1. The molecule has 0 saturated carbocycles. The van der Waals surface area contributed by atoms with Crippen LogP contribution in [0, 0.1) is 5.41 Å². The summed E-state index contributed by atoms with van der Waals surface area (Å²) in [6, 6.07) is 0. The molecular weight excluding hydrogens is 380 g/mol. The molecule has 0 aliphatic rings. The van der Waals surface area contributed by atoms with E-state index in [1.807, 2.05) is 27.7 Å². The predicted octanol–water partition coefficient (Wildman–Crippen LogP) is 1.58. The predicted molar refractivity (Wildman–Crippen MR) is 105 cm³/mol. The molecule has 0 aliphatic heterocycles. The lowest BCUT2D eigenvalue weighted by Crippen LogP contribution is -2.25. The molecule has 0 radical (unpaired) electrons. The summed E-state index contributed by atoms with van der Waals surface area (Å²) >= 11 is 0. The van der Waals surface area contributed by atoms with E-state index in [1.54, 1.807) is 10.9 Å². The highest BCUT2D eigenvalue weighted by Gasteiger charge is 2.20. The lowest BCUT2D eigenvalue weighted by Gasteiger charge is -2.16. The Kier molecular flexibility index (Phi) is 12.1. The fourth-order valence-electron chi connectivity index (χ4n) is 1.94. The number of aromatic nitrogens is 3. The molecule has 0 fully saturated rings. The first-order valence-corrected chi connectivity index (χ1v) is 9.89. The molecule has 10 nitrogen and oxygen atoms in total. The number of carbonyl (C=O) groups is 2. The van der Waals surface area contributed by atoms with Gasteiger partial charge in [-0.05, 0) is 6.42 Å². The van der Waals surface area contributed by atoms with Crippen molar-refractivity contribution in [3.8, 4) is 0 Å². The third-order valence-electron chi connectivity index (χ3n) is 3.72. The molecule has 1 rings (SSSR count). The van der Waals surface area contributed by atoms with Crippen molar-refractivity contribution in [3.05, 3.63) is 11.9 Å². The van der Waals surface area contributed by atoms with E-state index in [0.717, 1.165) is 6.42 Å². The number of amides is 1. The summed E-state index contributed by atoms with van der Waals surface area (Å²) in [4.78, 5) is 23.3. The molecular formula is C19H34N4O6. The summed E-state index contributed by atoms with van der Waals surface area (Å²) in [5.74, 6) is 0.0648. The van der Waals surface area contributed by atoms with E-state index in [0.29, 0.717) is 45.3 Å². The maximum absolute atomic E-state index is 11.7. The van der Waals surface area contributed by atoms with Gasteiger partial charge in [0.25, 0.3) is 0 Å². The summed E-state index contributed by atoms with van der Waals surface area (Å²) in [5.41, 5.74) is 0.230. The zero-order valence-electron chi connectivity index (χ0n) is 17.9. The van der Waals surface area contributed by atoms with Gasteiger partial charge in [-0.3, -0.25) is 4.79 Å². The average Bonchev–Trinajstić information content (AvgIpc) is 3.12. The van der Waals surface area contributed by atoms with E-state index < -0.39 is 6.09 Å². The molecule has 1 aromatic heterocycles. The molecule has 1 aromatic rings. The standard InChI is InChI=1S/C19H34N4O6/c1-5-7-26-11-12-29-18(25)20-13-16-14-23(22-21-16)6-8-27-9-10-28-15-17(24)19(2,3)4/h14H,5-13,15H2,1-4H3,(H,20,25). The molecule has 0 unspecified atom stereocenters. The number of nitrogens with zero attached hydrogens (tertiary/aromatic N) is 3. The van der Waals surface area contributed by atoms with Gasteiger partial charge in [0, 0.05) is 12.0 Å². The minimum atomic E-state index is -0.520. The lowest BCUT2D eigenvalue weighted by atomic mass is 9.91. The van der Waals surface area contributed by atoms with E-state index in [2.05, 4.69) is 15.6 Å². The largest absolute Gasteiger partial charge is 0.447 e. The monoisotopic (exact) mass is 414 g/mol. The molecule has 0 saturated heterocycles. The van der Waals surface area contributed by atoms with Crippen molar-refractivity contribution in [3.63, 3.8) is 0 Å². The number of ether oxygens (including phenoxy) is 4. The molecule has 0 bridgehead atoms. The van der Waals surface area contributed by atoms with Crippen molar-refractivity contribution in [1.82, 2.24) is 20.3 Å². The number of hydrogen-bond donors (Lipinski definition) is 1. The van der Waals surface area contributed by atoms with Crippen molar-refractivity contribution in [2.75, 3.05) is 46.2 Å². The van der Waals surface area contributed by atoms with Gasteiger partial charge in [-0.2, -0.15) is 0 Å². The number of rotatable bonds is 15. The minimum Gasteiger partial charge on any atom is -0.447 e. The van der Waals surface area contributed by atoms with Gasteiger partial charge in [-0.1, -0.05) is 32.9 Å². The van der Waals surface area contributed by atoms with Crippen molar-refractivity contribution >= 4 is 11.9 Å². The quantitative estimate of drug-likeness (QED) is 0.430. The van der Waals surface area contributed by atoms with Gasteiger partial charge in [0.2, 0.25) is 0 Å². The van der Waals surface area contributed by atoms with Crippen molar-refractivity contribution in [2.45, 2.75) is 47.2 Å². The van der Waals surface area contributed by atoms with E-state index in [-0.39, 0.29) is 31.0 Å². The lowest BCUT2D eigenvalue weighted by molar-refractivity contribution is -0.131. The van der Waals surface area contributed by atoms with Crippen LogP contribution in [0.2, 0.25) is 0 Å². The van der Waals surface area contributed by atoms with Gasteiger partial charge < -0.3 is 24.3 Å². The fourth-order valence-corrected chi connectivity index (χ4v) is 1.94. The third-order valence-corrected chi connectivity index (χ3v) is 3.72. The van der Waals surface area contributed by atoms with Crippen LogP contribution in [-0.4, -0.2) is 73.1 Å². The first kappa shape index (κ1) is 25.0. The highest BCUT2D eigenvalue weighted by atomic mass is 16.6. The van der Waals surface area contributed by atoms with Gasteiger partial charge in [0.15, 0.2) is 5.78 Å². The Morgan fingerprint density at radius 2 is 1.72 bits per heavy atom. The molecule has 29 heavy (non-hydrogen) atoms. The van der Waals surface area contributed by atoms with Crippen LogP contribution in [0.15, 0.2) is 6.20 Å². The first-order valence-electron chi connectivity index (χ1n) is 9.89. The van der Waals surface area contributed by atoms with E-state index in [9.17, 15) is 9.59 Å². The normalized spacial score (nSPS) is 11.4. The number of alkyl carbamates (subject to hydrolysis) is 1. The van der Waals surface area contributed by atoms with Crippen LogP contribution < -0.4 is 5.32 Å². The molecule has 0 spiro atoms. The summed E-state index contributed by atoms with van der Waals surface area (Å²) < 4.78 is 22.6. The molecule has 0 aromatic carbocycles. The minimum absolute atomic E-state index is 0.0648. The zero-order valence-corrected chi connectivity index (χ0v) is 17.9. The van der Waals surface area contributed by atoms with Gasteiger partial charge in [-0.15, -0.1) is 5.10 Å².